The van der Waals surface area contributed by atoms with E-state index in [0.717, 1.165) is 79.4 Å². The molecule has 4 aliphatic rings. The number of thiophene rings is 2. The van der Waals surface area contributed by atoms with Crippen LogP contribution >= 0.6 is 22.7 Å². The molecule has 8 aromatic rings. The van der Waals surface area contributed by atoms with E-state index < -0.39 is 53.2 Å². The summed E-state index contributed by atoms with van der Waals surface area (Å²) in [4.78, 5) is 116. The Bertz CT molecular complexity index is 4200. The maximum absolute atomic E-state index is 14.5. The Morgan fingerprint density at radius 1 is 0.600 bits per heavy atom. The Labute approximate surface area is 562 Å². The highest BCUT2D eigenvalue weighted by molar-refractivity contribution is 7.08. The number of ether oxygens (including phenoxy) is 1. The summed E-state index contributed by atoms with van der Waals surface area (Å²) in [5.74, 6) is -1.91. The van der Waals surface area contributed by atoms with E-state index in [9.17, 15) is 38.4 Å². The molecule has 8 heterocycles. The number of alkyl carbamates (subject to hydrolysis) is 1. The average Bonchev–Trinajstić information content (AvgIpc) is 1.25. The van der Waals surface area contributed by atoms with Gasteiger partial charge in [-0.05, 0) is 173 Å². The third-order valence-corrected chi connectivity index (χ3v) is 19.3. The molecule has 22 heteroatoms. The van der Waals surface area contributed by atoms with Crippen LogP contribution in [0.3, 0.4) is 0 Å². The van der Waals surface area contributed by atoms with E-state index in [1.54, 1.807) is 65.6 Å². The van der Waals surface area contributed by atoms with Gasteiger partial charge in [0.15, 0.2) is 0 Å². The largest absolute Gasteiger partial charge is 0.444 e. The van der Waals surface area contributed by atoms with Crippen molar-refractivity contribution in [3.05, 3.63) is 164 Å². The van der Waals surface area contributed by atoms with Crippen LogP contribution in [0, 0.1) is 0 Å². The Hall–Kier alpha value is -9.12. The Balaban J connectivity index is 0.000000200. The summed E-state index contributed by atoms with van der Waals surface area (Å²) in [6.45, 7) is 18.5. The van der Waals surface area contributed by atoms with Crippen LogP contribution in [-0.2, 0) is 77.1 Å². The van der Waals surface area contributed by atoms with E-state index in [0.29, 0.717) is 56.7 Å². The number of para-hydroxylation sites is 4. The number of nitrogens with zero attached hydrogens (tertiary/aromatic N) is 6. The lowest BCUT2D eigenvalue weighted by Crippen LogP contribution is -2.61. The van der Waals surface area contributed by atoms with Gasteiger partial charge in [-0.2, -0.15) is 22.7 Å². The molecule has 20 nitrogen and oxygen atoms in total. The lowest BCUT2D eigenvalue weighted by atomic mass is 9.94. The topological polar surface area (TPSA) is 243 Å². The standard InChI is InChI=1S/C41H50N6O6S.C32H35N5O3S/c1-25(2)46-23-28(29-13-8-9-14-32(29)46)21-30(43-38(51)41(6,7)44-39(52)53-40(3,4)5)36(49)42-31-20-27-12-10-15-33(45-18-11-16-34(45)48)35(27)47(37(31)50)22-26-17-19-54-24-26;1-20(2)36-18-23(24-8-3-4-9-27(24)36)15-25(33)31(39)34-26-16-22-7-5-10-28(35-13-6-11-29(35)38)30(22)37(32(26)40)17-21-12-14-41-19-21/h8-10,12-15,17,19,23-25,30-31H,11,16,18,20-22H2,1-7H3,(H,42,49)(H,43,51)(H,44,52);3-5,7-10,12,14,18-20,25-26H,6,11,13,15-17,33H2,1-2H3,(H,34,39)/t30-,31?;25-,26?/m11/s1. The fourth-order valence-corrected chi connectivity index (χ4v) is 14.5. The second-order valence-electron chi connectivity index (χ2n) is 27.1. The van der Waals surface area contributed by atoms with E-state index in [1.165, 1.54) is 11.3 Å². The first kappa shape index (κ1) is 67.3. The Kier molecular flexibility index (Phi) is 19.9. The predicted molar refractivity (Wildman–Crippen MR) is 374 cm³/mol. The van der Waals surface area contributed by atoms with Crippen molar-refractivity contribution in [2.75, 3.05) is 32.7 Å². The van der Waals surface area contributed by atoms with E-state index in [2.05, 4.69) is 76.4 Å². The van der Waals surface area contributed by atoms with Gasteiger partial charge in [0.25, 0.3) is 0 Å². The van der Waals surface area contributed by atoms with Gasteiger partial charge in [0.2, 0.25) is 41.4 Å². The Morgan fingerprint density at radius 3 is 1.49 bits per heavy atom. The van der Waals surface area contributed by atoms with Gasteiger partial charge in [-0.25, -0.2) is 4.79 Å². The third kappa shape index (κ3) is 14.7. The molecule has 0 saturated carbocycles. The molecule has 2 fully saturated rings. The number of amides is 8. The first-order valence-corrected chi connectivity index (χ1v) is 34.6. The quantitative estimate of drug-likeness (QED) is 0.0513. The maximum Gasteiger partial charge on any atom is 0.408 e. The summed E-state index contributed by atoms with van der Waals surface area (Å²) < 4.78 is 9.73. The summed E-state index contributed by atoms with van der Waals surface area (Å²) in [6.07, 6.45) is 6.84. The van der Waals surface area contributed by atoms with Gasteiger partial charge in [-0.3, -0.25) is 33.6 Å². The lowest BCUT2D eigenvalue weighted by Gasteiger charge is -2.37. The van der Waals surface area contributed by atoms with Crippen molar-refractivity contribution in [2.45, 2.75) is 174 Å². The molecule has 95 heavy (non-hydrogen) atoms. The van der Waals surface area contributed by atoms with Gasteiger partial charge in [-0.15, -0.1) is 0 Å². The number of aromatic nitrogens is 2. The minimum absolute atomic E-state index is 0.0169. The Morgan fingerprint density at radius 2 is 1.06 bits per heavy atom. The van der Waals surface area contributed by atoms with Gasteiger partial charge in [0.1, 0.15) is 29.3 Å². The minimum atomic E-state index is -1.45. The van der Waals surface area contributed by atoms with E-state index in [-0.39, 0.29) is 61.0 Å². The first-order valence-electron chi connectivity index (χ1n) is 32.7. The van der Waals surface area contributed by atoms with Crippen LogP contribution in [0.25, 0.3) is 21.8 Å². The molecule has 4 aliphatic heterocycles. The molecule has 12 rings (SSSR count). The van der Waals surface area contributed by atoms with Gasteiger partial charge in [-0.1, -0.05) is 60.7 Å². The number of carbonyl (C=O) groups excluding carboxylic acids is 8. The van der Waals surface area contributed by atoms with Crippen LogP contribution < -0.4 is 46.6 Å². The number of nitrogens with one attached hydrogen (secondary N) is 4. The highest BCUT2D eigenvalue weighted by Gasteiger charge is 2.42. The minimum Gasteiger partial charge on any atom is -0.444 e. The van der Waals surface area contributed by atoms with Crippen LogP contribution in [0.4, 0.5) is 27.5 Å². The highest BCUT2D eigenvalue weighted by atomic mass is 32.1. The smallest absolute Gasteiger partial charge is 0.408 e. The third-order valence-electron chi connectivity index (χ3n) is 17.9. The molecule has 8 amide bonds. The van der Waals surface area contributed by atoms with Gasteiger partial charge >= 0.3 is 6.09 Å². The zero-order valence-electron chi connectivity index (χ0n) is 55.4. The van der Waals surface area contributed by atoms with Crippen molar-refractivity contribution in [3.8, 4) is 0 Å². The molecule has 2 saturated heterocycles. The molecule has 6 N–H and O–H groups in total. The van der Waals surface area contributed by atoms with Crippen molar-refractivity contribution in [1.82, 2.24) is 30.4 Å². The van der Waals surface area contributed by atoms with Gasteiger partial charge < -0.3 is 60.5 Å². The molecule has 4 aromatic heterocycles. The number of hydrogen-bond acceptors (Lipinski definition) is 12. The number of fused-ring (bicyclic) bond motifs is 4. The number of nitrogens with two attached hydrogens (primary N) is 1. The number of carbonyl (C=O) groups is 8. The molecular formula is C73H85N11O9S2. The molecule has 0 spiro atoms. The van der Waals surface area contributed by atoms with Crippen LogP contribution in [0.1, 0.15) is 133 Å². The molecule has 498 valence electrons. The molecule has 2 unspecified atom stereocenters. The molecule has 0 aliphatic carbocycles. The second kappa shape index (κ2) is 28.1. The maximum atomic E-state index is 14.5. The van der Waals surface area contributed by atoms with Gasteiger partial charge in [0.05, 0.1) is 41.9 Å². The second-order valence-corrected chi connectivity index (χ2v) is 28.7. The van der Waals surface area contributed by atoms with Crippen molar-refractivity contribution in [1.29, 1.82) is 0 Å². The summed E-state index contributed by atoms with van der Waals surface area (Å²) >= 11 is 3.10. The fourth-order valence-electron chi connectivity index (χ4n) is 13.2. The summed E-state index contributed by atoms with van der Waals surface area (Å²) in [7, 11) is 0. The van der Waals surface area contributed by atoms with Crippen molar-refractivity contribution in [2.24, 2.45) is 5.73 Å². The van der Waals surface area contributed by atoms with Crippen LogP contribution in [0.15, 0.2) is 131 Å². The predicted octanol–water partition coefficient (Wildman–Crippen LogP) is 10.6. The summed E-state index contributed by atoms with van der Waals surface area (Å²) in [5, 5.41) is 21.5. The lowest BCUT2D eigenvalue weighted by molar-refractivity contribution is -0.133. The van der Waals surface area contributed by atoms with E-state index in [4.69, 9.17) is 10.5 Å². The number of rotatable bonds is 19. The van der Waals surface area contributed by atoms with Crippen molar-refractivity contribution >= 4 is 115 Å². The van der Waals surface area contributed by atoms with E-state index in [1.807, 2.05) is 113 Å². The highest BCUT2D eigenvalue weighted by Crippen LogP contribution is 2.42. The zero-order valence-corrected chi connectivity index (χ0v) is 57.0. The SMILES string of the molecule is CC(C)n1cc(C[C@@H](N)C(=O)NC2Cc3cccc(N4CCCC4=O)c3N(Cc3ccsc3)C2=O)c2ccccc21.CC(C)n1cc(C[C@@H](NC(=O)C(C)(C)NC(=O)OC(C)(C)C)C(=O)NC2Cc3cccc(N4CCCC4=O)c3N(Cc3ccsc3)C2=O)c2ccccc21. The summed E-state index contributed by atoms with van der Waals surface area (Å²) in [5.41, 5.74) is 14.8. The number of anilines is 4. The van der Waals surface area contributed by atoms with E-state index >= 15 is 0 Å². The molecule has 4 aromatic carbocycles. The summed E-state index contributed by atoms with van der Waals surface area (Å²) in [6, 6.07) is 28.3. The van der Waals surface area contributed by atoms with Gasteiger partial charge in [0, 0.05) is 91.5 Å². The average molecular weight is 1320 g/mol. The first-order chi connectivity index (χ1) is 45.3. The zero-order chi connectivity index (χ0) is 67.6. The van der Waals surface area contributed by atoms with Crippen LogP contribution in [-0.4, -0.2) is 105 Å². The molecule has 4 atom stereocenters. The fraction of sp³-hybridized carbons (Fsp3) is 0.397. The number of benzene rings is 4. The molecule has 0 bridgehead atoms. The molecule has 0 radical (unpaired) electrons. The number of hydrogen-bond donors (Lipinski definition) is 5. The van der Waals surface area contributed by atoms with Crippen LogP contribution in [0.2, 0.25) is 0 Å². The normalized spacial score (nSPS) is 17.3. The van der Waals surface area contributed by atoms with Crippen molar-refractivity contribution in [3.63, 3.8) is 0 Å². The molecular weight excluding hydrogens is 1240 g/mol. The monoisotopic (exact) mass is 1320 g/mol. The van der Waals surface area contributed by atoms with Crippen molar-refractivity contribution < 1.29 is 43.1 Å². The van der Waals surface area contributed by atoms with Crippen LogP contribution in [0.5, 0.6) is 0 Å².